The fourth-order valence-electron chi connectivity index (χ4n) is 1.95. The maximum atomic E-state index is 6.13. The van der Waals surface area contributed by atoms with Gasteiger partial charge in [-0.3, -0.25) is 4.98 Å². The number of halogens is 3. The predicted molar refractivity (Wildman–Crippen MR) is 88.2 cm³/mol. The van der Waals surface area contributed by atoms with Crippen LogP contribution in [-0.4, -0.2) is 4.98 Å². The first-order valence-electron chi connectivity index (χ1n) is 5.85. The second-order valence-corrected chi connectivity index (χ2v) is 6.23. The lowest BCUT2D eigenvalue weighted by atomic mass is 10.2. The quantitative estimate of drug-likeness (QED) is 0.602. The van der Waals surface area contributed by atoms with Crippen LogP contribution in [0.5, 0.6) is 0 Å². The fourth-order valence-corrected chi connectivity index (χ4v) is 2.84. The molecule has 3 nitrogen and oxygen atoms in total. The van der Waals surface area contributed by atoms with Gasteiger partial charge in [-0.1, -0.05) is 17.7 Å². The summed E-state index contributed by atoms with van der Waals surface area (Å²) in [4.78, 5) is 4.39. The Morgan fingerprint density at radius 2 is 2.10 bits per heavy atom. The third kappa shape index (κ3) is 2.85. The number of fused-ring (bicyclic) bond motifs is 1. The number of nitrogens with one attached hydrogen (secondary N) is 1. The first-order chi connectivity index (χ1) is 9.63. The standard InChI is InChI=1S/C14H9Br2ClN2O/c15-11-6-10(20-14(11)16)7-19-12-5-9(17)4-8-2-1-3-18-13(8)12/h1-6,19H,7H2. The number of furan rings is 1. The van der Waals surface area contributed by atoms with Crippen molar-refractivity contribution in [3.8, 4) is 0 Å². The molecule has 1 N–H and O–H groups in total. The van der Waals surface area contributed by atoms with Crippen LogP contribution in [-0.2, 0) is 6.54 Å². The van der Waals surface area contributed by atoms with Crippen molar-refractivity contribution >= 4 is 60.1 Å². The lowest BCUT2D eigenvalue weighted by Crippen LogP contribution is -1.99. The molecular weight excluding hydrogens is 407 g/mol. The monoisotopic (exact) mass is 414 g/mol. The van der Waals surface area contributed by atoms with Gasteiger partial charge in [-0.2, -0.15) is 0 Å². The van der Waals surface area contributed by atoms with Crippen LogP contribution < -0.4 is 5.32 Å². The Morgan fingerprint density at radius 3 is 2.85 bits per heavy atom. The van der Waals surface area contributed by atoms with E-state index in [0.717, 1.165) is 26.8 Å². The van der Waals surface area contributed by atoms with Gasteiger partial charge in [0.2, 0.25) is 0 Å². The van der Waals surface area contributed by atoms with E-state index in [9.17, 15) is 0 Å². The maximum Gasteiger partial charge on any atom is 0.183 e. The highest BCUT2D eigenvalue weighted by molar-refractivity contribution is 9.13. The molecule has 6 heteroatoms. The number of benzene rings is 1. The van der Waals surface area contributed by atoms with E-state index in [1.807, 2.05) is 30.3 Å². The van der Waals surface area contributed by atoms with Crippen molar-refractivity contribution in [3.05, 3.63) is 56.5 Å². The molecule has 0 saturated heterocycles. The number of nitrogens with zero attached hydrogens (tertiary/aromatic N) is 1. The zero-order valence-electron chi connectivity index (χ0n) is 10.2. The summed E-state index contributed by atoms with van der Waals surface area (Å²) in [6.07, 6.45) is 1.77. The molecule has 0 saturated carbocycles. The Morgan fingerprint density at radius 1 is 1.25 bits per heavy atom. The van der Waals surface area contributed by atoms with Gasteiger partial charge in [0.15, 0.2) is 4.67 Å². The van der Waals surface area contributed by atoms with Crippen LogP contribution in [0, 0.1) is 0 Å². The lowest BCUT2D eigenvalue weighted by molar-refractivity contribution is 0.494. The summed E-state index contributed by atoms with van der Waals surface area (Å²) in [6.45, 7) is 0.552. The Labute approximate surface area is 137 Å². The van der Waals surface area contributed by atoms with Gasteiger partial charge in [0.05, 0.1) is 22.2 Å². The van der Waals surface area contributed by atoms with Crippen molar-refractivity contribution in [3.63, 3.8) is 0 Å². The molecule has 0 aliphatic heterocycles. The van der Waals surface area contributed by atoms with Crippen LogP contribution in [0.3, 0.4) is 0 Å². The van der Waals surface area contributed by atoms with Gasteiger partial charge in [-0.25, -0.2) is 0 Å². The number of anilines is 1. The SMILES string of the molecule is Clc1cc(NCc2cc(Br)c(Br)o2)c2ncccc2c1. The van der Waals surface area contributed by atoms with Gasteiger partial charge in [0.1, 0.15) is 5.76 Å². The summed E-state index contributed by atoms with van der Waals surface area (Å²) in [6, 6.07) is 9.55. The number of pyridine rings is 1. The van der Waals surface area contributed by atoms with Gasteiger partial charge >= 0.3 is 0 Å². The molecule has 0 aliphatic rings. The van der Waals surface area contributed by atoms with Crippen molar-refractivity contribution in [2.24, 2.45) is 0 Å². The average Bonchev–Trinajstić information content (AvgIpc) is 2.75. The van der Waals surface area contributed by atoms with E-state index in [1.165, 1.54) is 0 Å². The minimum atomic E-state index is 0.552. The summed E-state index contributed by atoms with van der Waals surface area (Å²) in [5.41, 5.74) is 1.78. The van der Waals surface area contributed by atoms with Gasteiger partial charge in [-0.05, 0) is 56.1 Å². The first-order valence-corrected chi connectivity index (χ1v) is 7.82. The van der Waals surface area contributed by atoms with Crippen LogP contribution >= 0.6 is 43.5 Å². The first kappa shape index (κ1) is 13.9. The Balaban J connectivity index is 1.90. The third-order valence-electron chi connectivity index (χ3n) is 2.82. The average molecular weight is 417 g/mol. The van der Waals surface area contributed by atoms with Crippen molar-refractivity contribution < 1.29 is 4.42 Å². The summed E-state index contributed by atoms with van der Waals surface area (Å²) in [5.74, 6) is 0.813. The third-order valence-corrected chi connectivity index (χ3v) is 4.75. The lowest BCUT2D eigenvalue weighted by Gasteiger charge is -2.08. The topological polar surface area (TPSA) is 38.1 Å². The van der Waals surface area contributed by atoms with Crippen molar-refractivity contribution in [1.82, 2.24) is 4.98 Å². The molecule has 0 fully saturated rings. The molecule has 3 aromatic rings. The van der Waals surface area contributed by atoms with Gasteiger partial charge in [-0.15, -0.1) is 0 Å². The molecule has 3 rings (SSSR count). The van der Waals surface area contributed by atoms with E-state index in [4.69, 9.17) is 16.0 Å². The van der Waals surface area contributed by atoms with E-state index < -0.39 is 0 Å². The molecule has 2 heterocycles. The molecule has 0 spiro atoms. The molecule has 0 aliphatic carbocycles. The van der Waals surface area contributed by atoms with Gasteiger partial charge < -0.3 is 9.73 Å². The van der Waals surface area contributed by atoms with Crippen LogP contribution in [0.1, 0.15) is 5.76 Å². The number of rotatable bonds is 3. The highest BCUT2D eigenvalue weighted by Gasteiger charge is 2.08. The van der Waals surface area contributed by atoms with E-state index in [2.05, 4.69) is 42.2 Å². The molecule has 0 unspecified atom stereocenters. The molecule has 0 bridgehead atoms. The van der Waals surface area contributed by atoms with Gasteiger partial charge in [0.25, 0.3) is 0 Å². The molecule has 0 amide bonds. The Bertz CT molecular complexity index is 753. The van der Waals surface area contributed by atoms with Crippen LogP contribution in [0.15, 0.2) is 50.1 Å². The predicted octanol–water partition coefficient (Wildman–Crippen LogP) is 5.62. The molecular formula is C14H9Br2ClN2O. The molecule has 0 atom stereocenters. The largest absolute Gasteiger partial charge is 0.451 e. The van der Waals surface area contributed by atoms with Crippen LogP contribution in [0.4, 0.5) is 5.69 Å². The smallest absolute Gasteiger partial charge is 0.183 e. The van der Waals surface area contributed by atoms with Crippen LogP contribution in [0.2, 0.25) is 5.02 Å². The molecule has 1 aromatic carbocycles. The second-order valence-electron chi connectivity index (χ2n) is 4.22. The molecule has 102 valence electrons. The minimum absolute atomic E-state index is 0.552. The van der Waals surface area contributed by atoms with E-state index in [-0.39, 0.29) is 0 Å². The zero-order chi connectivity index (χ0) is 14.1. The number of aromatic nitrogens is 1. The van der Waals surface area contributed by atoms with E-state index >= 15 is 0 Å². The van der Waals surface area contributed by atoms with Crippen molar-refractivity contribution in [2.45, 2.75) is 6.54 Å². The molecule has 0 radical (unpaired) electrons. The van der Waals surface area contributed by atoms with Crippen molar-refractivity contribution in [1.29, 1.82) is 0 Å². The summed E-state index contributed by atoms with van der Waals surface area (Å²) in [7, 11) is 0. The molecule has 20 heavy (non-hydrogen) atoms. The Kier molecular flexibility index (Phi) is 4.01. The van der Waals surface area contributed by atoms with E-state index in [0.29, 0.717) is 16.2 Å². The summed E-state index contributed by atoms with van der Waals surface area (Å²) < 4.78 is 7.11. The normalized spacial score (nSPS) is 10.9. The second kappa shape index (κ2) is 5.76. The number of hydrogen-bond acceptors (Lipinski definition) is 3. The van der Waals surface area contributed by atoms with Crippen LogP contribution in [0.25, 0.3) is 10.9 Å². The Hall–Kier alpha value is -1.04. The minimum Gasteiger partial charge on any atom is -0.451 e. The number of hydrogen-bond donors (Lipinski definition) is 1. The van der Waals surface area contributed by atoms with Gasteiger partial charge in [0, 0.05) is 16.6 Å². The summed E-state index contributed by atoms with van der Waals surface area (Å²) >= 11 is 12.8. The van der Waals surface area contributed by atoms with E-state index in [1.54, 1.807) is 6.20 Å². The maximum absolute atomic E-state index is 6.13. The highest BCUT2D eigenvalue weighted by Crippen LogP contribution is 2.29. The zero-order valence-corrected chi connectivity index (χ0v) is 14.1. The highest BCUT2D eigenvalue weighted by atomic mass is 79.9. The summed E-state index contributed by atoms with van der Waals surface area (Å²) in [5, 5.41) is 4.98. The molecule has 2 aromatic heterocycles. The fraction of sp³-hybridized carbons (Fsp3) is 0.0714. The van der Waals surface area contributed by atoms with Crippen molar-refractivity contribution in [2.75, 3.05) is 5.32 Å².